The zero-order valence-electron chi connectivity index (χ0n) is 14.0. The molecule has 0 bridgehead atoms. The van der Waals surface area contributed by atoms with Crippen molar-refractivity contribution in [2.45, 2.75) is 13.1 Å². The largest absolute Gasteiger partial charge is 0.453 e. The third-order valence-electron chi connectivity index (χ3n) is 4.40. The Kier molecular flexibility index (Phi) is 4.76. The molecule has 0 unspecified atom stereocenters. The second-order valence-electron chi connectivity index (χ2n) is 6.04. The van der Waals surface area contributed by atoms with Crippen molar-refractivity contribution in [3.8, 4) is 11.3 Å². The van der Waals surface area contributed by atoms with Crippen LogP contribution in [-0.4, -0.2) is 43.3 Å². The minimum absolute atomic E-state index is 0.0537. The van der Waals surface area contributed by atoms with Crippen LogP contribution in [0, 0.1) is 0 Å². The van der Waals surface area contributed by atoms with Crippen molar-refractivity contribution in [3.05, 3.63) is 41.7 Å². The second-order valence-corrected chi connectivity index (χ2v) is 6.04. The van der Waals surface area contributed by atoms with Crippen LogP contribution in [-0.2, 0) is 11.0 Å². The lowest BCUT2D eigenvalue weighted by molar-refractivity contribution is -0.137. The van der Waals surface area contributed by atoms with Gasteiger partial charge in [-0.1, -0.05) is 0 Å². The molecule has 0 aliphatic carbocycles. The molecule has 26 heavy (non-hydrogen) atoms. The van der Waals surface area contributed by atoms with Gasteiger partial charge in [-0.05, 0) is 30.3 Å². The Morgan fingerprint density at radius 2 is 1.81 bits per heavy atom. The molecule has 3 rings (SSSR count). The molecule has 8 heteroatoms. The lowest BCUT2D eigenvalue weighted by atomic mass is 10.0. The Hall–Kier alpha value is -2.77. The van der Waals surface area contributed by atoms with Gasteiger partial charge >= 0.3 is 6.18 Å². The maximum Gasteiger partial charge on any atom is 0.418 e. The highest BCUT2D eigenvalue weighted by Crippen LogP contribution is 2.39. The maximum atomic E-state index is 13.6. The van der Waals surface area contributed by atoms with Gasteiger partial charge in [0.2, 0.25) is 5.91 Å². The molecule has 1 aliphatic heterocycles. The van der Waals surface area contributed by atoms with Gasteiger partial charge in [0.15, 0.2) is 12.0 Å². The van der Waals surface area contributed by atoms with Crippen molar-refractivity contribution in [2.75, 3.05) is 31.1 Å². The molecule has 5 nitrogen and oxygen atoms in total. The van der Waals surface area contributed by atoms with Crippen LogP contribution >= 0.6 is 0 Å². The van der Waals surface area contributed by atoms with Crippen molar-refractivity contribution >= 4 is 17.9 Å². The zero-order chi connectivity index (χ0) is 18.9. The first kappa shape index (κ1) is 18.0. The van der Waals surface area contributed by atoms with Crippen LogP contribution in [0.15, 0.2) is 34.7 Å². The SMILES string of the molecule is CC(=O)N1CCN(c2ccc(-c3ccc(C=O)o3)cc2C(F)(F)F)CC1. The van der Waals surface area contributed by atoms with Gasteiger partial charge in [-0.15, -0.1) is 0 Å². The number of anilines is 1. The van der Waals surface area contributed by atoms with Crippen LogP contribution in [0.2, 0.25) is 0 Å². The molecule has 2 heterocycles. The molecule has 2 aromatic rings. The van der Waals surface area contributed by atoms with E-state index < -0.39 is 11.7 Å². The van der Waals surface area contributed by atoms with Gasteiger partial charge < -0.3 is 14.2 Å². The molecule has 1 aromatic heterocycles. The standard InChI is InChI=1S/C18H17F3N2O3/c1-12(25)22-6-8-23(9-7-22)16-4-2-13(10-15(16)18(19,20)21)17-5-3-14(11-24)26-17/h2-5,10-11H,6-9H2,1H3. The van der Waals surface area contributed by atoms with E-state index in [1.807, 2.05) is 0 Å². The molecular weight excluding hydrogens is 349 g/mol. The minimum Gasteiger partial charge on any atom is -0.453 e. The summed E-state index contributed by atoms with van der Waals surface area (Å²) < 4.78 is 46.0. The van der Waals surface area contributed by atoms with Gasteiger partial charge in [-0.2, -0.15) is 13.2 Å². The number of carbonyl (C=O) groups is 2. The third-order valence-corrected chi connectivity index (χ3v) is 4.40. The van der Waals surface area contributed by atoms with Crippen LogP contribution in [0.1, 0.15) is 23.0 Å². The summed E-state index contributed by atoms with van der Waals surface area (Å²) in [5.74, 6) is 0.170. The number of aldehydes is 1. The third kappa shape index (κ3) is 3.58. The summed E-state index contributed by atoms with van der Waals surface area (Å²) in [5, 5.41) is 0. The number of carbonyl (C=O) groups excluding carboxylic acids is 2. The normalized spacial score (nSPS) is 15.2. The van der Waals surface area contributed by atoms with Crippen LogP contribution in [0.25, 0.3) is 11.3 Å². The zero-order valence-corrected chi connectivity index (χ0v) is 14.0. The van der Waals surface area contributed by atoms with E-state index in [0.717, 1.165) is 6.07 Å². The van der Waals surface area contributed by atoms with E-state index in [1.165, 1.54) is 31.2 Å². The Labute approximate surface area is 148 Å². The average Bonchev–Trinajstić information content (AvgIpc) is 3.10. The van der Waals surface area contributed by atoms with E-state index in [2.05, 4.69) is 0 Å². The van der Waals surface area contributed by atoms with Crippen LogP contribution < -0.4 is 4.90 Å². The highest BCUT2D eigenvalue weighted by molar-refractivity contribution is 5.75. The number of nitrogens with zero attached hydrogens (tertiary/aromatic N) is 2. The molecule has 0 N–H and O–H groups in total. The molecule has 0 saturated carbocycles. The molecule has 138 valence electrons. The number of hydrogen-bond acceptors (Lipinski definition) is 4. The van der Waals surface area contributed by atoms with E-state index in [1.54, 1.807) is 9.80 Å². The minimum atomic E-state index is -4.54. The monoisotopic (exact) mass is 366 g/mol. The summed E-state index contributed by atoms with van der Waals surface area (Å²) in [4.78, 5) is 25.3. The predicted molar refractivity (Wildman–Crippen MR) is 89.0 cm³/mol. The van der Waals surface area contributed by atoms with Gasteiger partial charge in [-0.25, -0.2) is 0 Å². The number of piperazine rings is 1. The summed E-state index contributed by atoms with van der Waals surface area (Å²) in [6, 6.07) is 6.84. The maximum absolute atomic E-state index is 13.6. The Balaban J connectivity index is 1.93. The number of halogens is 3. The first-order valence-corrected chi connectivity index (χ1v) is 8.06. The number of benzene rings is 1. The predicted octanol–water partition coefficient (Wildman–Crippen LogP) is 3.45. The fraction of sp³-hybridized carbons (Fsp3) is 0.333. The van der Waals surface area contributed by atoms with Crippen molar-refractivity contribution in [3.63, 3.8) is 0 Å². The molecule has 0 atom stereocenters. The Bertz CT molecular complexity index is 821. The van der Waals surface area contributed by atoms with E-state index in [4.69, 9.17) is 4.42 Å². The highest BCUT2D eigenvalue weighted by Gasteiger charge is 2.36. The van der Waals surface area contributed by atoms with Crippen LogP contribution in [0.4, 0.5) is 18.9 Å². The number of amides is 1. The van der Waals surface area contributed by atoms with E-state index in [9.17, 15) is 22.8 Å². The number of alkyl halides is 3. The summed E-state index contributed by atoms with van der Waals surface area (Å²) >= 11 is 0. The molecule has 1 aliphatic rings. The van der Waals surface area contributed by atoms with Gasteiger partial charge in [0.25, 0.3) is 0 Å². The molecule has 1 aromatic carbocycles. The molecule has 0 spiro atoms. The van der Waals surface area contributed by atoms with Gasteiger partial charge in [0, 0.05) is 44.4 Å². The van der Waals surface area contributed by atoms with Crippen molar-refractivity contribution < 1.29 is 27.2 Å². The number of furan rings is 1. The van der Waals surface area contributed by atoms with Gasteiger partial charge in [0.1, 0.15) is 5.76 Å². The second kappa shape index (κ2) is 6.86. The number of rotatable bonds is 3. The highest BCUT2D eigenvalue weighted by atomic mass is 19.4. The van der Waals surface area contributed by atoms with Crippen molar-refractivity contribution in [2.24, 2.45) is 0 Å². The molecule has 0 radical (unpaired) electrons. The summed E-state index contributed by atoms with van der Waals surface area (Å²) in [7, 11) is 0. The van der Waals surface area contributed by atoms with E-state index in [-0.39, 0.29) is 28.7 Å². The fourth-order valence-corrected chi connectivity index (χ4v) is 3.03. The molecule has 1 saturated heterocycles. The Morgan fingerprint density at radius 3 is 2.35 bits per heavy atom. The van der Waals surface area contributed by atoms with Crippen molar-refractivity contribution in [1.82, 2.24) is 4.90 Å². The van der Waals surface area contributed by atoms with Crippen molar-refractivity contribution in [1.29, 1.82) is 0 Å². The van der Waals surface area contributed by atoms with Gasteiger partial charge in [0.05, 0.1) is 5.56 Å². The summed E-state index contributed by atoms with van der Waals surface area (Å²) in [6.07, 6.45) is -4.04. The average molecular weight is 366 g/mol. The molecule has 1 amide bonds. The van der Waals surface area contributed by atoms with Gasteiger partial charge in [-0.3, -0.25) is 9.59 Å². The lowest BCUT2D eigenvalue weighted by Crippen LogP contribution is -2.48. The fourth-order valence-electron chi connectivity index (χ4n) is 3.03. The molecule has 1 fully saturated rings. The summed E-state index contributed by atoms with van der Waals surface area (Å²) in [6.45, 7) is 2.88. The van der Waals surface area contributed by atoms with Crippen LogP contribution in [0.3, 0.4) is 0 Å². The van der Waals surface area contributed by atoms with E-state index >= 15 is 0 Å². The summed E-state index contributed by atoms with van der Waals surface area (Å²) in [5.41, 5.74) is -0.446. The smallest absolute Gasteiger partial charge is 0.418 e. The first-order valence-electron chi connectivity index (χ1n) is 8.06. The topological polar surface area (TPSA) is 53.8 Å². The quantitative estimate of drug-likeness (QED) is 0.781. The first-order chi connectivity index (χ1) is 12.3. The Morgan fingerprint density at radius 1 is 1.12 bits per heavy atom. The molecular formula is C18H17F3N2O3. The van der Waals surface area contributed by atoms with Crippen LogP contribution in [0.5, 0.6) is 0 Å². The van der Waals surface area contributed by atoms with E-state index in [0.29, 0.717) is 32.5 Å². The lowest BCUT2D eigenvalue weighted by Gasteiger charge is -2.36. The number of hydrogen-bond donors (Lipinski definition) is 0.